The Kier molecular flexibility index (Phi) is 4.20. The van der Waals surface area contributed by atoms with Gasteiger partial charge in [-0.3, -0.25) is 9.69 Å². The van der Waals surface area contributed by atoms with Crippen LogP contribution in [-0.2, 0) is 4.79 Å². The van der Waals surface area contributed by atoms with E-state index in [4.69, 9.17) is 0 Å². The molecule has 0 spiro atoms. The Bertz CT molecular complexity index is 155. The van der Waals surface area contributed by atoms with Crippen LogP contribution in [0, 0.1) is 0 Å². The monoisotopic (exact) mass is 174 g/mol. The van der Waals surface area contributed by atoms with E-state index in [2.05, 4.69) is 5.32 Å². The maximum absolute atomic E-state index is 11.3. The highest BCUT2D eigenvalue weighted by atomic mass is 16.3. The zero-order chi connectivity index (χ0) is 9.78. The Hall–Kier alpha value is -0.610. The first-order valence-electron chi connectivity index (χ1n) is 4.11. The van der Waals surface area contributed by atoms with E-state index in [1.165, 1.54) is 11.8 Å². The second-order valence-corrected chi connectivity index (χ2v) is 3.17. The van der Waals surface area contributed by atoms with E-state index in [0.29, 0.717) is 6.54 Å². The maximum atomic E-state index is 11.3. The predicted octanol–water partition coefficient (Wildman–Crippen LogP) is -0.217. The maximum Gasteiger partial charge on any atom is 0.267 e. The molecule has 0 radical (unpaired) electrons. The number of likely N-dealkylation sites (N-methyl/N-ethyl adjacent to an activating group) is 1. The van der Waals surface area contributed by atoms with E-state index in [1.807, 2.05) is 6.92 Å². The molecule has 0 fully saturated rings. The van der Waals surface area contributed by atoms with E-state index in [9.17, 15) is 9.90 Å². The molecule has 0 bridgehead atoms. The first-order valence-corrected chi connectivity index (χ1v) is 4.11. The molecule has 1 unspecified atom stereocenters. The van der Waals surface area contributed by atoms with Crippen LogP contribution in [0.3, 0.4) is 0 Å². The van der Waals surface area contributed by atoms with Crippen LogP contribution in [0.4, 0.5) is 0 Å². The summed E-state index contributed by atoms with van der Waals surface area (Å²) in [4.78, 5) is 12.7. The molecule has 1 atom stereocenters. The molecule has 0 heterocycles. The van der Waals surface area contributed by atoms with Crippen molar-refractivity contribution in [1.82, 2.24) is 10.2 Å². The number of aliphatic hydroxyl groups is 1. The topological polar surface area (TPSA) is 52.6 Å². The van der Waals surface area contributed by atoms with Gasteiger partial charge in [0.25, 0.3) is 5.91 Å². The molecule has 72 valence electrons. The highest BCUT2D eigenvalue weighted by Gasteiger charge is 2.31. The standard InChI is InChI=1S/C8H18N2O2/c1-5-6-9-7(11)8(2,12)10(3)4/h12H,5-6H2,1-4H3,(H,9,11). The van der Waals surface area contributed by atoms with E-state index >= 15 is 0 Å². The summed E-state index contributed by atoms with van der Waals surface area (Å²) in [5, 5.41) is 12.2. The van der Waals surface area contributed by atoms with Gasteiger partial charge < -0.3 is 10.4 Å². The fourth-order valence-electron chi connectivity index (χ4n) is 0.609. The molecule has 0 aromatic carbocycles. The minimum atomic E-state index is -1.41. The van der Waals surface area contributed by atoms with Crippen molar-refractivity contribution in [1.29, 1.82) is 0 Å². The summed E-state index contributed by atoms with van der Waals surface area (Å²) in [6.45, 7) is 4.03. The minimum absolute atomic E-state index is 0.352. The van der Waals surface area contributed by atoms with E-state index in [0.717, 1.165) is 6.42 Å². The van der Waals surface area contributed by atoms with Crippen molar-refractivity contribution in [2.75, 3.05) is 20.6 Å². The molecular formula is C8H18N2O2. The van der Waals surface area contributed by atoms with Gasteiger partial charge in [0.15, 0.2) is 5.72 Å². The summed E-state index contributed by atoms with van der Waals surface area (Å²) in [5.41, 5.74) is -1.41. The Morgan fingerprint density at radius 2 is 2.08 bits per heavy atom. The molecule has 0 saturated carbocycles. The third-order valence-corrected chi connectivity index (χ3v) is 1.84. The molecule has 1 amide bonds. The number of nitrogens with zero attached hydrogens (tertiary/aromatic N) is 1. The van der Waals surface area contributed by atoms with Crippen molar-refractivity contribution in [3.8, 4) is 0 Å². The van der Waals surface area contributed by atoms with Crippen molar-refractivity contribution in [3.05, 3.63) is 0 Å². The SMILES string of the molecule is CCCNC(=O)C(C)(O)N(C)C. The van der Waals surface area contributed by atoms with Crippen molar-refractivity contribution >= 4 is 5.91 Å². The summed E-state index contributed by atoms with van der Waals surface area (Å²) >= 11 is 0. The molecule has 2 N–H and O–H groups in total. The minimum Gasteiger partial charge on any atom is -0.367 e. The predicted molar refractivity (Wildman–Crippen MR) is 47.6 cm³/mol. The van der Waals surface area contributed by atoms with E-state index in [-0.39, 0.29) is 5.91 Å². The highest BCUT2D eigenvalue weighted by molar-refractivity contribution is 5.83. The largest absolute Gasteiger partial charge is 0.367 e. The van der Waals surface area contributed by atoms with Gasteiger partial charge in [-0.25, -0.2) is 0 Å². The summed E-state index contributed by atoms with van der Waals surface area (Å²) < 4.78 is 0. The van der Waals surface area contributed by atoms with Crippen LogP contribution in [0.1, 0.15) is 20.3 Å². The molecular weight excluding hydrogens is 156 g/mol. The summed E-state index contributed by atoms with van der Waals surface area (Å²) in [6, 6.07) is 0. The molecule has 4 nitrogen and oxygen atoms in total. The number of amides is 1. The van der Waals surface area contributed by atoms with E-state index < -0.39 is 5.72 Å². The van der Waals surface area contributed by atoms with Gasteiger partial charge >= 0.3 is 0 Å². The van der Waals surface area contributed by atoms with Crippen LogP contribution in [-0.4, -0.2) is 42.3 Å². The summed E-state index contributed by atoms with van der Waals surface area (Å²) in [6.07, 6.45) is 0.870. The Morgan fingerprint density at radius 1 is 1.58 bits per heavy atom. The number of carbonyl (C=O) groups excluding carboxylic acids is 1. The van der Waals surface area contributed by atoms with Crippen LogP contribution in [0.15, 0.2) is 0 Å². The summed E-state index contributed by atoms with van der Waals surface area (Å²) in [7, 11) is 3.32. The lowest BCUT2D eigenvalue weighted by Gasteiger charge is -2.28. The molecule has 12 heavy (non-hydrogen) atoms. The zero-order valence-corrected chi connectivity index (χ0v) is 8.22. The third kappa shape index (κ3) is 2.79. The smallest absolute Gasteiger partial charge is 0.267 e. The van der Waals surface area contributed by atoms with Gasteiger partial charge in [0.1, 0.15) is 0 Å². The quantitative estimate of drug-likeness (QED) is 0.579. The van der Waals surface area contributed by atoms with Crippen molar-refractivity contribution < 1.29 is 9.90 Å². The Balaban J connectivity index is 4.07. The first kappa shape index (κ1) is 11.4. The lowest BCUT2D eigenvalue weighted by Crippen LogP contribution is -2.54. The first-order chi connectivity index (χ1) is 5.42. The molecule has 4 heteroatoms. The third-order valence-electron chi connectivity index (χ3n) is 1.84. The Labute approximate surface area is 73.6 Å². The van der Waals surface area contributed by atoms with Gasteiger partial charge in [0.05, 0.1) is 0 Å². The van der Waals surface area contributed by atoms with Gasteiger partial charge in [0.2, 0.25) is 0 Å². The lowest BCUT2D eigenvalue weighted by molar-refractivity contribution is -0.154. The van der Waals surface area contributed by atoms with Crippen LogP contribution in [0.25, 0.3) is 0 Å². The fourth-order valence-corrected chi connectivity index (χ4v) is 0.609. The second-order valence-electron chi connectivity index (χ2n) is 3.17. The van der Waals surface area contributed by atoms with Crippen LogP contribution < -0.4 is 5.32 Å². The molecule has 0 rings (SSSR count). The number of nitrogens with one attached hydrogen (secondary N) is 1. The number of rotatable bonds is 4. The van der Waals surface area contributed by atoms with Crippen LogP contribution >= 0.6 is 0 Å². The van der Waals surface area contributed by atoms with Crippen LogP contribution in [0.5, 0.6) is 0 Å². The fraction of sp³-hybridized carbons (Fsp3) is 0.875. The summed E-state index contributed by atoms with van der Waals surface area (Å²) in [5.74, 6) is -0.352. The normalized spacial score (nSPS) is 15.8. The number of hydrogen-bond donors (Lipinski definition) is 2. The molecule has 0 saturated heterocycles. The van der Waals surface area contributed by atoms with Crippen molar-refractivity contribution in [3.63, 3.8) is 0 Å². The van der Waals surface area contributed by atoms with Crippen molar-refractivity contribution in [2.24, 2.45) is 0 Å². The molecule has 0 aliphatic carbocycles. The number of carbonyl (C=O) groups is 1. The highest BCUT2D eigenvalue weighted by Crippen LogP contribution is 2.05. The second kappa shape index (κ2) is 4.42. The van der Waals surface area contributed by atoms with Gasteiger partial charge in [0, 0.05) is 6.54 Å². The van der Waals surface area contributed by atoms with Gasteiger partial charge in [-0.15, -0.1) is 0 Å². The average Bonchev–Trinajstić information content (AvgIpc) is 1.99. The molecule has 0 aromatic rings. The van der Waals surface area contributed by atoms with Gasteiger partial charge in [-0.1, -0.05) is 6.92 Å². The van der Waals surface area contributed by atoms with Crippen molar-refractivity contribution in [2.45, 2.75) is 26.0 Å². The molecule has 0 aliphatic heterocycles. The molecule has 0 aromatic heterocycles. The van der Waals surface area contributed by atoms with Gasteiger partial charge in [-0.2, -0.15) is 0 Å². The number of hydrogen-bond acceptors (Lipinski definition) is 3. The Morgan fingerprint density at radius 3 is 2.42 bits per heavy atom. The zero-order valence-electron chi connectivity index (χ0n) is 8.22. The van der Waals surface area contributed by atoms with E-state index in [1.54, 1.807) is 14.1 Å². The van der Waals surface area contributed by atoms with Crippen LogP contribution in [0.2, 0.25) is 0 Å². The van der Waals surface area contributed by atoms with Gasteiger partial charge in [-0.05, 0) is 27.4 Å². The lowest BCUT2D eigenvalue weighted by atomic mass is 10.2. The molecule has 0 aliphatic rings. The average molecular weight is 174 g/mol.